The molecular formula is C13H17ClN2O2. The van der Waals surface area contributed by atoms with Crippen LogP contribution in [-0.4, -0.2) is 40.6 Å². The second-order valence-corrected chi connectivity index (χ2v) is 5.57. The highest BCUT2D eigenvalue weighted by atomic mass is 35.5. The number of nitrogens with zero attached hydrogens (tertiary/aromatic N) is 2. The Morgan fingerprint density at radius 3 is 2.94 bits per heavy atom. The van der Waals surface area contributed by atoms with E-state index in [-0.39, 0.29) is 22.8 Å². The van der Waals surface area contributed by atoms with Crippen molar-refractivity contribution in [2.45, 2.75) is 32.5 Å². The summed E-state index contributed by atoms with van der Waals surface area (Å²) < 4.78 is 5.78. The minimum atomic E-state index is -0.331. The number of carbonyl (C=O) groups excluding carboxylic acids is 1. The zero-order valence-electron chi connectivity index (χ0n) is 10.8. The van der Waals surface area contributed by atoms with Crippen LogP contribution in [0, 0.1) is 0 Å². The predicted octanol–water partition coefficient (Wildman–Crippen LogP) is 2.37. The van der Waals surface area contributed by atoms with Crippen LogP contribution in [0.15, 0.2) is 18.3 Å². The van der Waals surface area contributed by atoms with Gasteiger partial charge in [-0.25, -0.2) is 4.98 Å². The van der Waals surface area contributed by atoms with E-state index in [0.717, 1.165) is 0 Å². The average Bonchev–Trinajstić information content (AvgIpc) is 2.26. The number of carbonyl (C=O) groups is 1. The number of pyridine rings is 1. The maximum atomic E-state index is 12.4. The van der Waals surface area contributed by atoms with E-state index in [9.17, 15) is 4.79 Å². The smallest absolute Gasteiger partial charge is 0.257 e. The van der Waals surface area contributed by atoms with Gasteiger partial charge in [0, 0.05) is 19.3 Å². The Morgan fingerprint density at radius 2 is 2.33 bits per heavy atom. The van der Waals surface area contributed by atoms with Gasteiger partial charge in [-0.3, -0.25) is 4.79 Å². The van der Waals surface area contributed by atoms with Crippen LogP contribution in [0.2, 0.25) is 5.15 Å². The maximum Gasteiger partial charge on any atom is 0.257 e. The second kappa shape index (κ2) is 4.86. The van der Waals surface area contributed by atoms with E-state index in [1.165, 1.54) is 0 Å². The largest absolute Gasteiger partial charge is 0.369 e. The summed E-state index contributed by atoms with van der Waals surface area (Å²) in [5.74, 6) is -0.0867. The van der Waals surface area contributed by atoms with E-state index < -0.39 is 0 Å². The van der Waals surface area contributed by atoms with E-state index in [2.05, 4.69) is 4.98 Å². The fourth-order valence-corrected chi connectivity index (χ4v) is 2.52. The predicted molar refractivity (Wildman–Crippen MR) is 69.8 cm³/mol. The van der Waals surface area contributed by atoms with Gasteiger partial charge in [-0.15, -0.1) is 0 Å². The maximum absolute atomic E-state index is 12.4. The number of morpholine rings is 1. The van der Waals surface area contributed by atoms with Crippen molar-refractivity contribution < 1.29 is 9.53 Å². The number of hydrogen-bond donors (Lipinski definition) is 0. The molecule has 1 aromatic rings. The third-order valence-corrected chi connectivity index (χ3v) is 3.15. The van der Waals surface area contributed by atoms with Gasteiger partial charge in [0.15, 0.2) is 0 Å². The fourth-order valence-electron chi connectivity index (χ4n) is 2.32. The van der Waals surface area contributed by atoms with E-state index >= 15 is 0 Å². The van der Waals surface area contributed by atoms with E-state index in [1.807, 2.05) is 20.8 Å². The van der Waals surface area contributed by atoms with Crippen LogP contribution in [0.1, 0.15) is 31.1 Å². The molecule has 0 spiro atoms. The Hall–Kier alpha value is -1.13. The van der Waals surface area contributed by atoms with Crippen molar-refractivity contribution in [2.24, 2.45) is 0 Å². The first kappa shape index (κ1) is 13.3. The lowest BCUT2D eigenvalue weighted by Crippen LogP contribution is -2.53. The van der Waals surface area contributed by atoms with Crippen LogP contribution >= 0.6 is 11.6 Å². The Balaban J connectivity index is 2.22. The zero-order chi connectivity index (χ0) is 13.3. The van der Waals surface area contributed by atoms with Gasteiger partial charge >= 0.3 is 0 Å². The first-order valence-electron chi connectivity index (χ1n) is 5.97. The zero-order valence-corrected chi connectivity index (χ0v) is 11.6. The number of hydrogen-bond acceptors (Lipinski definition) is 3. The summed E-state index contributed by atoms with van der Waals surface area (Å²) >= 11 is 5.96. The molecule has 1 fully saturated rings. The molecule has 0 N–H and O–H groups in total. The Labute approximate surface area is 112 Å². The van der Waals surface area contributed by atoms with E-state index in [0.29, 0.717) is 18.7 Å². The molecule has 5 heteroatoms. The van der Waals surface area contributed by atoms with Crippen molar-refractivity contribution in [1.29, 1.82) is 0 Å². The van der Waals surface area contributed by atoms with Crippen molar-refractivity contribution >= 4 is 17.5 Å². The van der Waals surface area contributed by atoms with Gasteiger partial charge in [-0.2, -0.15) is 0 Å². The van der Waals surface area contributed by atoms with Crippen molar-refractivity contribution in [3.8, 4) is 0 Å². The van der Waals surface area contributed by atoms with Gasteiger partial charge in [-0.05, 0) is 32.9 Å². The van der Waals surface area contributed by atoms with Crippen molar-refractivity contribution in [1.82, 2.24) is 9.88 Å². The minimum absolute atomic E-state index is 0.0214. The Kier molecular flexibility index (Phi) is 3.59. The average molecular weight is 269 g/mol. The lowest BCUT2D eigenvalue weighted by atomic mass is 10.0. The number of halogens is 1. The van der Waals surface area contributed by atoms with Crippen LogP contribution in [0.3, 0.4) is 0 Å². The third kappa shape index (κ3) is 2.82. The highest BCUT2D eigenvalue weighted by Crippen LogP contribution is 2.23. The van der Waals surface area contributed by atoms with Crippen LogP contribution in [0.25, 0.3) is 0 Å². The molecule has 1 saturated heterocycles. The van der Waals surface area contributed by atoms with E-state index in [4.69, 9.17) is 16.3 Å². The molecule has 0 bridgehead atoms. The van der Waals surface area contributed by atoms with Crippen LogP contribution < -0.4 is 0 Å². The molecule has 4 nitrogen and oxygen atoms in total. The van der Waals surface area contributed by atoms with Gasteiger partial charge in [0.25, 0.3) is 5.91 Å². The van der Waals surface area contributed by atoms with Gasteiger partial charge in [0.1, 0.15) is 5.15 Å². The SMILES string of the molecule is CC1CN(C(=O)c2cccnc2Cl)CC(C)(C)O1. The molecule has 0 aliphatic carbocycles. The molecule has 1 aliphatic rings. The molecular weight excluding hydrogens is 252 g/mol. The molecule has 2 heterocycles. The van der Waals surface area contributed by atoms with Gasteiger partial charge in [0.2, 0.25) is 0 Å². The number of amides is 1. The molecule has 0 radical (unpaired) electrons. The summed E-state index contributed by atoms with van der Waals surface area (Å²) in [5, 5.41) is 0.249. The topological polar surface area (TPSA) is 42.4 Å². The van der Waals surface area contributed by atoms with Crippen molar-refractivity contribution in [2.75, 3.05) is 13.1 Å². The standard InChI is InChI=1S/C13H17ClN2O2/c1-9-7-16(8-13(2,3)18-9)12(17)10-5-4-6-15-11(10)14/h4-6,9H,7-8H2,1-3H3. The molecule has 1 atom stereocenters. The van der Waals surface area contributed by atoms with Gasteiger partial charge in [0.05, 0.1) is 17.3 Å². The third-order valence-electron chi connectivity index (χ3n) is 2.85. The number of rotatable bonds is 1. The highest BCUT2D eigenvalue weighted by molar-refractivity contribution is 6.32. The molecule has 1 amide bonds. The number of aromatic nitrogens is 1. The summed E-state index contributed by atoms with van der Waals surface area (Å²) in [6.07, 6.45) is 1.60. The molecule has 1 aliphatic heterocycles. The first-order valence-corrected chi connectivity index (χ1v) is 6.34. The van der Waals surface area contributed by atoms with Crippen molar-refractivity contribution in [3.05, 3.63) is 29.0 Å². The molecule has 18 heavy (non-hydrogen) atoms. The molecule has 0 saturated carbocycles. The second-order valence-electron chi connectivity index (χ2n) is 5.22. The lowest BCUT2D eigenvalue weighted by molar-refractivity contribution is -0.118. The quantitative estimate of drug-likeness (QED) is 0.735. The molecule has 0 aromatic carbocycles. The Bertz CT molecular complexity index is 462. The van der Waals surface area contributed by atoms with Crippen LogP contribution in [0.4, 0.5) is 0 Å². The molecule has 1 unspecified atom stereocenters. The van der Waals surface area contributed by atoms with Crippen LogP contribution in [-0.2, 0) is 4.74 Å². The summed E-state index contributed by atoms with van der Waals surface area (Å²) in [6, 6.07) is 3.42. The lowest BCUT2D eigenvalue weighted by Gasteiger charge is -2.41. The molecule has 98 valence electrons. The summed E-state index contributed by atoms with van der Waals surface area (Å²) in [6.45, 7) is 7.06. The summed E-state index contributed by atoms with van der Waals surface area (Å²) in [4.78, 5) is 18.1. The highest BCUT2D eigenvalue weighted by Gasteiger charge is 2.34. The van der Waals surface area contributed by atoms with Gasteiger partial charge in [-0.1, -0.05) is 11.6 Å². The normalized spacial score (nSPS) is 22.9. The first-order chi connectivity index (χ1) is 8.39. The molecule has 1 aromatic heterocycles. The van der Waals surface area contributed by atoms with Crippen molar-refractivity contribution in [3.63, 3.8) is 0 Å². The molecule has 2 rings (SSSR count). The van der Waals surface area contributed by atoms with Gasteiger partial charge < -0.3 is 9.64 Å². The Morgan fingerprint density at radius 1 is 1.61 bits per heavy atom. The van der Waals surface area contributed by atoms with E-state index in [1.54, 1.807) is 23.2 Å². The minimum Gasteiger partial charge on any atom is -0.369 e. The summed E-state index contributed by atoms with van der Waals surface area (Å²) in [7, 11) is 0. The monoisotopic (exact) mass is 268 g/mol. The fraction of sp³-hybridized carbons (Fsp3) is 0.538. The summed E-state index contributed by atoms with van der Waals surface area (Å²) in [5.41, 5.74) is 0.117. The number of ether oxygens (including phenoxy) is 1. The van der Waals surface area contributed by atoms with Crippen LogP contribution in [0.5, 0.6) is 0 Å².